The number of ketones is 1. The molecule has 0 aromatic heterocycles. The first-order valence-corrected chi connectivity index (χ1v) is 19.0. The van der Waals surface area contributed by atoms with Gasteiger partial charge >= 0.3 is 6.09 Å². The monoisotopic (exact) mass is 750 g/mol. The molecule has 1 aromatic rings. The summed E-state index contributed by atoms with van der Waals surface area (Å²) in [5, 5.41) is 10.5. The fourth-order valence-corrected chi connectivity index (χ4v) is 7.89. The van der Waals surface area contributed by atoms with Gasteiger partial charge in [-0.3, -0.25) is 28.8 Å². The van der Waals surface area contributed by atoms with E-state index in [1.807, 2.05) is 13.8 Å². The van der Waals surface area contributed by atoms with Gasteiger partial charge in [0.2, 0.25) is 29.4 Å². The molecule has 4 rings (SSSR count). The van der Waals surface area contributed by atoms with Crippen molar-refractivity contribution >= 4 is 41.4 Å². The molecule has 2 saturated carbocycles. The Hall–Kier alpha value is -4.75. The second-order valence-electron chi connectivity index (χ2n) is 16.5. The number of ether oxygens (including phenoxy) is 1. The van der Waals surface area contributed by atoms with Crippen molar-refractivity contribution in [2.75, 3.05) is 27.2 Å². The number of alkyl carbamates (subject to hydrolysis) is 1. The van der Waals surface area contributed by atoms with E-state index in [-0.39, 0.29) is 41.4 Å². The summed E-state index contributed by atoms with van der Waals surface area (Å²) in [5.41, 5.74) is -0.468. The maximum Gasteiger partial charge on any atom is 0.408 e. The Morgan fingerprint density at radius 3 is 2.22 bits per heavy atom. The molecular weight excluding hydrogens is 692 g/mol. The Labute approximate surface area is 318 Å². The summed E-state index contributed by atoms with van der Waals surface area (Å²) in [4.78, 5) is 96.9. The van der Waals surface area contributed by atoms with Crippen LogP contribution in [0.3, 0.4) is 0 Å². The van der Waals surface area contributed by atoms with Gasteiger partial charge in [0.1, 0.15) is 23.7 Å². The van der Waals surface area contributed by atoms with Crippen molar-refractivity contribution < 1.29 is 38.3 Å². The third-order valence-corrected chi connectivity index (χ3v) is 10.9. The molecule has 3 aliphatic rings. The number of nitrogens with zero attached hydrogens (tertiary/aromatic N) is 2. The molecule has 54 heavy (non-hydrogen) atoms. The molecule has 14 nitrogen and oxygen atoms in total. The van der Waals surface area contributed by atoms with Crippen LogP contribution in [0.2, 0.25) is 0 Å². The van der Waals surface area contributed by atoms with Gasteiger partial charge in [0.15, 0.2) is 0 Å². The first-order valence-electron chi connectivity index (χ1n) is 19.0. The Kier molecular flexibility index (Phi) is 13.7. The van der Waals surface area contributed by atoms with Crippen LogP contribution in [0.4, 0.5) is 4.79 Å². The molecule has 0 radical (unpaired) electrons. The lowest BCUT2D eigenvalue weighted by atomic mass is 9.83. The molecule has 1 aliphatic heterocycles. The van der Waals surface area contributed by atoms with Crippen LogP contribution < -0.4 is 21.3 Å². The highest BCUT2D eigenvalue weighted by molar-refractivity contribution is 6.38. The molecule has 0 spiro atoms. The van der Waals surface area contributed by atoms with Crippen LogP contribution in [0.15, 0.2) is 43.0 Å². The van der Waals surface area contributed by atoms with Crippen molar-refractivity contribution in [3.05, 3.63) is 48.6 Å². The smallest absolute Gasteiger partial charge is 0.408 e. The van der Waals surface area contributed by atoms with Gasteiger partial charge in [-0.2, -0.15) is 0 Å². The molecule has 1 heterocycles. The average molecular weight is 751 g/mol. The molecule has 3 fully saturated rings. The predicted molar refractivity (Wildman–Crippen MR) is 201 cm³/mol. The molecule has 6 unspecified atom stereocenters. The minimum Gasteiger partial charge on any atom is -0.444 e. The number of Topliss-reactive ketones (excluding diaryl/α,β-unsaturated/α-hetero) is 1. The van der Waals surface area contributed by atoms with E-state index in [0.717, 1.165) is 32.1 Å². The zero-order valence-corrected chi connectivity index (χ0v) is 32.7. The van der Waals surface area contributed by atoms with Crippen LogP contribution in [0.5, 0.6) is 0 Å². The van der Waals surface area contributed by atoms with E-state index in [0.29, 0.717) is 18.5 Å². The van der Waals surface area contributed by atoms with E-state index in [1.165, 1.54) is 9.80 Å². The van der Waals surface area contributed by atoms with Crippen molar-refractivity contribution in [1.29, 1.82) is 0 Å². The highest BCUT2D eigenvalue weighted by Gasteiger charge is 2.69. The van der Waals surface area contributed by atoms with Gasteiger partial charge in [0.05, 0.1) is 12.6 Å². The van der Waals surface area contributed by atoms with Crippen molar-refractivity contribution in [2.45, 2.75) is 109 Å². The second kappa shape index (κ2) is 17.6. The maximum absolute atomic E-state index is 14.4. The number of hydrogen-bond donors (Lipinski definition) is 4. The van der Waals surface area contributed by atoms with Crippen molar-refractivity contribution in [3.8, 4) is 0 Å². The van der Waals surface area contributed by atoms with E-state index in [1.54, 1.807) is 71.3 Å². The summed E-state index contributed by atoms with van der Waals surface area (Å²) < 4.78 is 5.52. The molecule has 2 aliphatic carbocycles. The number of amides is 6. The number of carbonyl (C=O) groups is 7. The third-order valence-electron chi connectivity index (χ3n) is 10.9. The average Bonchev–Trinajstić information content (AvgIpc) is 3.42. The van der Waals surface area contributed by atoms with Crippen LogP contribution in [0.1, 0.15) is 91.2 Å². The normalized spacial score (nSPS) is 22.0. The van der Waals surface area contributed by atoms with Crippen LogP contribution in [0, 0.1) is 23.2 Å². The Morgan fingerprint density at radius 1 is 0.981 bits per heavy atom. The van der Waals surface area contributed by atoms with E-state index in [4.69, 9.17) is 4.74 Å². The maximum atomic E-state index is 14.4. The number of likely N-dealkylation sites (tertiary alicyclic amines) is 1. The van der Waals surface area contributed by atoms with E-state index in [2.05, 4.69) is 27.8 Å². The van der Waals surface area contributed by atoms with E-state index in [9.17, 15) is 33.6 Å². The van der Waals surface area contributed by atoms with Crippen LogP contribution >= 0.6 is 0 Å². The largest absolute Gasteiger partial charge is 0.444 e. The van der Waals surface area contributed by atoms with Crippen molar-refractivity contribution in [1.82, 2.24) is 31.1 Å². The summed E-state index contributed by atoms with van der Waals surface area (Å²) in [6.07, 6.45) is 5.60. The zero-order chi connectivity index (χ0) is 40.0. The fraction of sp³-hybridized carbons (Fsp3) is 0.625. The first kappa shape index (κ1) is 42.0. The number of nitrogens with one attached hydrogen (secondary N) is 4. The summed E-state index contributed by atoms with van der Waals surface area (Å²) in [7, 11) is 3.12. The quantitative estimate of drug-likeness (QED) is 0.156. The Balaban J connectivity index is 1.47. The van der Waals surface area contributed by atoms with Gasteiger partial charge in [0, 0.05) is 20.6 Å². The summed E-state index contributed by atoms with van der Waals surface area (Å²) >= 11 is 0. The lowest BCUT2D eigenvalue weighted by molar-refractivity contribution is -0.145. The lowest BCUT2D eigenvalue weighted by Crippen LogP contribution is -2.60. The minimum atomic E-state index is -1.27. The second-order valence-corrected chi connectivity index (χ2v) is 16.5. The highest BCUT2D eigenvalue weighted by Crippen LogP contribution is 2.65. The van der Waals surface area contributed by atoms with Crippen LogP contribution in [0.25, 0.3) is 0 Å². The first-order chi connectivity index (χ1) is 25.4. The molecule has 14 heteroatoms. The number of allylic oxidation sites excluding steroid dienone is 1. The molecule has 6 amide bonds. The number of likely N-dealkylation sites (N-methyl/N-ethyl adjacent to an activating group) is 1. The summed E-state index contributed by atoms with van der Waals surface area (Å²) in [6, 6.07) is 4.54. The minimum absolute atomic E-state index is 0.0361. The topological polar surface area (TPSA) is 183 Å². The predicted octanol–water partition coefficient (Wildman–Crippen LogP) is 3.03. The molecule has 0 bridgehead atoms. The molecule has 4 N–H and O–H groups in total. The number of hydrogen-bond acceptors (Lipinski definition) is 8. The van der Waals surface area contributed by atoms with Crippen LogP contribution in [-0.2, 0) is 33.5 Å². The standard InChI is InChI=1S/C40H58N6O8/c1-9-10-21-27(33(48)35(50)41-22-28(47)43-30(36(51)45(7)8)24-17-13-11-14-18-24)42-34(49)32-29-26(40(29,5)6)23-46(32)37(52)31(25-19-15-12-16-20-25)44-38(53)54-39(2,3)4/h9,11,13-14,17-18,25-27,29-32H,1,10,12,15-16,19-23H2,2-8H3,(H,41,50)(H,42,49)(H,43,47)(H,44,53). The molecule has 1 saturated heterocycles. The summed E-state index contributed by atoms with van der Waals surface area (Å²) in [6.45, 7) is 12.7. The number of carbonyl (C=O) groups excluding carboxylic acids is 7. The van der Waals surface area contributed by atoms with Gasteiger partial charge in [-0.15, -0.1) is 6.58 Å². The number of fused-ring (bicyclic) bond motifs is 1. The van der Waals surface area contributed by atoms with E-state index < -0.39 is 65.9 Å². The van der Waals surface area contributed by atoms with Gasteiger partial charge in [-0.25, -0.2) is 4.79 Å². The van der Waals surface area contributed by atoms with Gasteiger partial charge in [-0.1, -0.05) is 69.5 Å². The molecule has 296 valence electrons. The van der Waals surface area contributed by atoms with Crippen molar-refractivity contribution in [3.63, 3.8) is 0 Å². The number of rotatable bonds is 15. The SMILES string of the molecule is C=CCCC(NC(=O)C1C2C(CN1C(=O)C(NC(=O)OC(C)(C)C)C1CCCCC1)C2(C)C)C(=O)C(=O)NCC(=O)NC(C(=O)N(C)C)c1ccccc1. The lowest BCUT2D eigenvalue weighted by Gasteiger charge is -2.37. The van der Waals surface area contributed by atoms with Crippen LogP contribution in [-0.4, -0.2) is 102 Å². The highest BCUT2D eigenvalue weighted by atomic mass is 16.6. The molecule has 1 aromatic carbocycles. The summed E-state index contributed by atoms with van der Waals surface area (Å²) in [5.74, 6) is -4.33. The van der Waals surface area contributed by atoms with Gasteiger partial charge in [-0.05, 0) is 75.2 Å². The molecular formula is C40H58N6O8. The van der Waals surface area contributed by atoms with Gasteiger partial charge < -0.3 is 35.8 Å². The fourth-order valence-electron chi connectivity index (χ4n) is 7.89. The number of piperidine rings is 1. The van der Waals surface area contributed by atoms with Gasteiger partial charge in [0.25, 0.3) is 5.91 Å². The number of benzene rings is 1. The van der Waals surface area contributed by atoms with Crippen molar-refractivity contribution in [2.24, 2.45) is 23.2 Å². The Bertz CT molecular complexity index is 1580. The van der Waals surface area contributed by atoms with E-state index >= 15 is 0 Å². The zero-order valence-electron chi connectivity index (χ0n) is 32.7. The molecule has 6 atom stereocenters. The Morgan fingerprint density at radius 2 is 1.63 bits per heavy atom. The third kappa shape index (κ3) is 10.3.